The third-order valence-electron chi connectivity index (χ3n) is 2.32. The van der Waals surface area contributed by atoms with Gasteiger partial charge in [0.15, 0.2) is 5.78 Å². The molecule has 3 nitrogen and oxygen atoms in total. The lowest BCUT2D eigenvalue weighted by Crippen LogP contribution is -2.02. The average molecular weight is 202 g/mol. The number of Topliss-reactive ketones (excluding diaryl/α,β-unsaturated/α-hetero) is 1. The van der Waals surface area contributed by atoms with Crippen LogP contribution in [0, 0.1) is 5.92 Å². The van der Waals surface area contributed by atoms with Crippen LogP contribution < -0.4 is 0 Å². The molecule has 78 valence electrons. The second-order valence-corrected chi connectivity index (χ2v) is 4.11. The molecule has 0 spiro atoms. The van der Waals surface area contributed by atoms with E-state index in [1.54, 1.807) is 10.7 Å². The van der Waals surface area contributed by atoms with Gasteiger partial charge in [-0.3, -0.25) is 4.79 Å². The molecule has 0 N–H and O–H groups in total. The first-order valence-electron chi connectivity index (χ1n) is 5.14. The zero-order chi connectivity index (χ0) is 10.8. The van der Waals surface area contributed by atoms with E-state index in [1.165, 1.54) is 0 Å². The van der Waals surface area contributed by atoms with E-state index in [-0.39, 0.29) is 5.78 Å². The average Bonchev–Trinajstić information content (AvgIpc) is 2.59. The Morgan fingerprint density at radius 3 is 3.00 bits per heavy atom. The molecule has 2 aromatic heterocycles. The number of rotatable bonds is 3. The summed E-state index contributed by atoms with van der Waals surface area (Å²) in [5.74, 6) is 0.558. The number of hydrogen-bond acceptors (Lipinski definition) is 2. The van der Waals surface area contributed by atoms with Crippen LogP contribution in [0.25, 0.3) is 5.52 Å². The zero-order valence-electron chi connectivity index (χ0n) is 8.97. The van der Waals surface area contributed by atoms with E-state index in [0.29, 0.717) is 12.3 Å². The highest BCUT2D eigenvalue weighted by molar-refractivity contribution is 6.02. The first-order chi connectivity index (χ1) is 7.18. The van der Waals surface area contributed by atoms with E-state index in [4.69, 9.17) is 0 Å². The van der Waals surface area contributed by atoms with Crippen molar-refractivity contribution in [2.24, 2.45) is 5.92 Å². The van der Waals surface area contributed by atoms with Crippen molar-refractivity contribution in [1.82, 2.24) is 9.61 Å². The maximum Gasteiger partial charge on any atom is 0.166 e. The number of ketones is 1. The Labute approximate surface area is 88.7 Å². The van der Waals surface area contributed by atoms with Gasteiger partial charge >= 0.3 is 0 Å². The van der Waals surface area contributed by atoms with Gasteiger partial charge in [-0.1, -0.05) is 19.9 Å². The maximum atomic E-state index is 11.9. The van der Waals surface area contributed by atoms with Crippen LogP contribution in [0.5, 0.6) is 0 Å². The molecule has 0 radical (unpaired) electrons. The highest BCUT2D eigenvalue weighted by Gasteiger charge is 2.13. The molecule has 3 heteroatoms. The number of aromatic nitrogens is 2. The summed E-state index contributed by atoms with van der Waals surface area (Å²) in [7, 11) is 0. The smallest absolute Gasteiger partial charge is 0.166 e. The molecule has 0 aromatic carbocycles. The molecular formula is C12H14N2O. The van der Waals surface area contributed by atoms with Crippen molar-refractivity contribution in [1.29, 1.82) is 0 Å². The van der Waals surface area contributed by atoms with E-state index >= 15 is 0 Å². The minimum absolute atomic E-state index is 0.172. The lowest BCUT2D eigenvalue weighted by molar-refractivity contribution is 0.0969. The highest BCUT2D eigenvalue weighted by atomic mass is 16.1. The largest absolute Gasteiger partial charge is 0.294 e. The molecule has 15 heavy (non-hydrogen) atoms. The fraction of sp³-hybridized carbons (Fsp3) is 0.333. The fourth-order valence-electron chi connectivity index (χ4n) is 1.63. The van der Waals surface area contributed by atoms with Crippen LogP contribution in [0.4, 0.5) is 0 Å². The molecule has 0 amide bonds. The van der Waals surface area contributed by atoms with Gasteiger partial charge in [0.1, 0.15) is 0 Å². The lowest BCUT2D eigenvalue weighted by atomic mass is 10.0. The molecule has 2 aromatic rings. The molecule has 0 atom stereocenters. The van der Waals surface area contributed by atoms with Crippen molar-refractivity contribution in [3.05, 3.63) is 36.2 Å². The summed E-state index contributed by atoms with van der Waals surface area (Å²) in [5.41, 5.74) is 1.62. The van der Waals surface area contributed by atoms with Gasteiger partial charge < -0.3 is 0 Å². The topological polar surface area (TPSA) is 34.4 Å². The molecule has 0 aliphatic heterocycles. The Kier molecular flexibility index (Phi) is 2.54. The molecule has 2 heterocycles. The predicted molar refractivity (Wildman–Crippen MR) is 59.0 cm³/mol. The van der Waals surface area contributed by atoms with Crippen molar-refractivity contribution in [2.45, 2.75) is 20.3 Å². The van der Waals surface area contributed by atoms with Crippen molar-refractivity contribution in [3.8, 4) is 0 Å². The van der Waals surface area contributed by atoms with E-state index < -0.39 is 0 Å². The Morgan fingerprint density at radius 1 is 1.47 bits per heavy atom. The SMILES string of the molecule is CC(C)CC(=O)c1cnn2ccccc12. The van der Waals surface area contributed by atoms with Gasteiger partial charge in [-0.25, -0.2) is 4.52 Å². The summed E-state index contributed by atoms with van der Waals surface area (Å²) in [6, 6.07) is 5.74. The van der Waals surface area contributed by atoms with Gasteiger partial charge in [0.05, 0.1) is 17.3 Å². The molecule has 0 saturated heterocycles. The molecule has 0 fully saturated rings. The molecule has 0 bridgehead atoms. The summed E-state index contributed by atoms with van der Waals surface area (Å²) < 4.78 is 1.73. The van der Waals surface area contributed by atoms with Gasteiger partial charge in [-0.15, -0.1) is 0 Å². The van der Waals surface area contributed by atoms with Crippen molar-refractivity contribution in [2.75, 3.05) is 0 Å². The Bertz CT molecular complexity index is 485. The molecule has 0 aliphatic carbocycles. The highest BCUT2D eigenvalue weighted by Crippen LogP contribution is 2.14. The van der Waals surface area contributed by atoms with Crippen molar-refractivity contribution < 1.29 is 4.79 Å². The minimum atomic E-state index is 0.172. The van der Waals surface area contributed by atoms with E-state index in [2.05, 4.69) is 5.10 Å². The predicted octanol–water partition coefficient (Wildman–Crippen LogP) is 2.56. The molecule has 0 aliphatic rings. The third kappa shape index (κ3) is 1.91. The van der Waals surface area contributed by atoms with E-state index in [0.717, 1.165) is 11.1 Å². The van der Waals surface area contributed by atoms with Crippen LogP contribution in [0.15, 0.2) is 30.6 Å². The van der Waals surface area contributed by atoms with E-state index in [1.807, 2.05) is 38.2 Å². The molecule has 2 rings (SSSR count). The van der Waals surface area contributed by atoms with Gasteiger partial charge in [0.25, 0.3) is 0 Å². The number of nitrogens with zero attached hydrogens (tertiary/aromatic N) is 2. The number of carbonyl (C=O) groups excluding carboxylic acids is 1. The zero-order valence-corrected chi connectivity index (χ0v) is 8.97. The van der Waals surface area contributed by atoms with Crippen LogP contribution in [0.2, 0.25) is 0 Å². The summed E-state index contributed by atoms with van der Waals surface area (Å²) >= 11 is 0. The van der Waals surface area contributed by atoms with Crippen molar-refractivity contribution in [3.63, 3.8) is 0 Å². The maximum absolute atomic E-state index is 11.9. The number of hydrogen-bond donors (Lipinski definition) is 0. The first-order valence-corrected chi connectivity index (χ1v) is 5.14. The van der Waals surface area contributed by atoms with Gasteiger partial charge in [-0.2, -0.15) is 5.10 Å². The first kappa shape index (κ1) is 9.90. The van der Waals surface area contributed by atoms with E-state index in [9.17, 15) is 4.79 Å². The van der Waals surface area contributed by atoms with Gasteiger partial charge in [-0.05, 0) is 18.1 Å². The molecule has 0 saturated carbocycles. The van der Waals surface area contributed by atoms with Gasteiger partial charge in [0.2, 0.25) is 0 Å². The summed E-state index contributed by atoms with van der Waals surface area (Å²) in [6.07, 6.45) is 4.08. The fourth-order valence-corrected chi connectivity index (χ4v) is 1.63. The second-order valence-electron chi connectivity index (χ2n) is 4.11. The summed E-state index contributed by atoms with van der Waals surface area (Å²) in [5, 5.41) is 4.14. The Balaban J connectivity index is 2.40. The Morgan fingerprint density at radius 2 is 2.27 bits per heavy atom. The Hall–Kier alpha value is -1.64. The lowest BCUT2D eigenvalue weighted by Gasteiger charge is -2.01. The number of fused-ring (bicyclic) bond motifs is 1. The number of carbonyl (C=O) groups is 1. The van der Waals surface area contributed by atoms with Crippen LogP contribution in [-0.2, 0) is 0 Å². The molecular weight excluding hydrogens is 188 g/mol. The van der Waals surface area contributed by atoms with Crippen molar-refractivity contribution >= 4 is 11.3 Å². The second kappa shape index (κ2) is 3.85. The van der Waals surface area contributed by atoms with Crippen LogP contribution in [-0.4, -0.2) is 15.4 Å². The van der Waals surface area contributed by atoms with Gasteiger partial charge in [0, 0.05) is 12.6 Å². The minimum Gasteiger partial charge on any atom is -0.294 e. The van der Waals surface area contributed by atoms with Crippen LogP contribution in [0.3, 0.4) is 0 Å². The van der Waals surface area contributed by atoms with Crippen LogP contribution in [0.1, 0.15) is 30.6 Å². The summed E-state index contributed by atoms with van der Waals surface area (Å²) in [6.45, 7) is 4.09. The summed E-state index contributed by atoms with van der Waals surface area (Å²) in [4.78, 5) is 11.9. The number of pyridine rings is 1. The quantitative estimate of drug-likeness (QED) is 0.717. The third-order valence-corrected chi connectivity index (χ3v) is 2.32. The molecule has 0 unspecified atom stereocenters. The van der Waals surface area contributed by atoms with Crippen LogP contribution >= 0.6 is 0 Å². The standard InChI is InChI=1S/C12H14N2O/c1-9(2)7-12(15)10-8-13-14-6-4-3-5-11(10)14/h3-6,8-9H,7H2,1-2H3. The monoisotopic (exact) mass is 202 g/mol. The normalized spacial score (nSPS) is 11.1.